The maximum absolute atomic E-state index is 12.6. The molecule has 2 heterocycles. The van der Waals surface area contributed by atoms with Crippen LogP contribution in [0.25, 0.3) is 0 Å². The van der Waals surface area contributed by atoms with Crippen molar-refractivity contribution in [2.75, 3.05) is 32.7 Å². The molecule has 2 saturated heterocycles. The Balaban J connectivity index is 1.78. The van der Waals surface area contributed by atoms with Crippen molar-refractivity contribution in [3.05, 3.63) is 0 Å². The zero-order valence-corrected chi connectivity index (χ0v) is 15.6. The molecule has 1 N–H and O–H groups in total. The van der Waals surface area contributed by atoms with E-state index in [1.54, 1.807) is 0 Å². The first-order chi connectivity index (χ1) is 11.3. The molecule has 138 valence electrons. The smallest absolute Gasteiger partial charge is 0.407 e. The average molecular weight is 339 g/mol. The second-order valence-electron chi connectivity index (χ2n) is 8.09. The van der Waals surface area contributed by atoms with Gasteiger partial charge < -0.3 is 15.0 Å². The lowest BCUT2D eigenvalue weighted by Crippen LogP contribution is -2.51. The van der Waals surface area contributed by atoms with Gasteiger partial charge in [0.15, 0.2) is 0 Å². The molecule has 2 aliphatic rings. The van der Waals surface area contributed by atoms with Gasteiger partial charge in [-0.15, -0.1) is 0 Å². The maximum atomic E-state index is 12.6. The van der Waals surface area contributed by atoms with Gasteiger partial charge in [0.2, 0.25) is 5.91 Å². The monoisotopic (exact) mass is 339 g/mol. The van der Waals surface area contributed by atoms with Crippen molar-refractivity contribution in [3.63, 3.8) is 0 Å². The van der Waals surface area contributed by atoms with E-state index in [1.165, 1.54) is 0 Å². The van der Waals surface area contributed by atoms with Gasteiger partial charge in [-0.3, -0.25) is 9.69 Å². The van der Waals surface area contributed by atoms with E-state index in [4.69, 9.17) is 4.74 Å². The van der Waals surface area contributed by atoms with Crippen molar-refractivity contribution in [2.45, 2.75) is 65.0 Å². The van der Waals surface area contributed by atoms with Crippen molar-refractivity contribution in [1.82, 2.24) is 15.1 Å². The first-order valence-electron chi connectivity index (χ1n) is 9.26. The molecule has 2 fully saturated rings. The Morgan fingerprint density at radius 1 is 1.17 bits per heavy atom. The number of rotatable bonds is 4. The lowest BCUT2D eigenvalue weighted by molar-refractivity contribution is -0.136. The first-order valence-corrected chi connectivity index (χ1v) is 9.26. The maximum Gasteiger partial charge on any atom is 0.407 e. The number of carbonyl (C=O) groups excluding carboxylic acids is 2. The number of carbonyl (C=O) groups is 2. The largest absolute Gasteiger partial charge is 0.444 e. The molecular weight excluding hydrogens is 306 g/mol. The first kappa shape index (κ1) is 19.0. The minimum absolute atomic E-state index is 0.0626. The van der Waals surface area contributed by atoms with Crippen LogP contribution in [0.2, 0.25) is 0 Å². The van der Waals surface area contributed by atoms with Crippen LogP contribution in [0.1, 0.15) is 53.4 Å². The molecule has 2 aliphatic heterocycles. The molecule has 0 aromatic carbocycles. The van der Waals surface area contributed by atoms with Crippen molar-refractivity contribution >= 4 is 12.0 Å². The van der Waals surface area contributed by atoms with Gasteiger partial charge in [0.1, 0.15) is 5.60 Å². The summed E-state index contributed by atoms with van der Waals surface area (Å²) in [5.41, 5.74) is -0.473. The van der Waals surface area contributed by atoms with E-state index in [1.807, 2.05) is 32.6 Å². The molecular formula is C18H33N3O3. The Morgan fingerprint density at radius 3 is 2.46 bits per heavy atom. The van der Waals surface area contributed by atoms with E-state index in [0.29, 0.717) is 12.5 Å². The summed E-state index contributed by atoms with van der Waals surface area (Å²) in [4.78, 5) is 28.6. The fourth-order valence-electron chi connectivity index (χ4n) is 3.52. The van der Waals surface area contributed by atoms with Gasteiger partial charge in [0.25, 0.3) is 0 Å². The van der Waals surface area contributed by atoms with E-state index < -0.39 is 5.60 Å². The second kappa shape index (κ2) is 8.19. The highest BCUT2D eigenvalue weighted by atomic mass is 16.6. The normalized spacial score (nSPS) is 23.8. The van der Waals surface area contributed by atoms with Crippen LogP contribution in [-0.2, 0) is 9.53 Å². The Labute approximate surface area is 145 Å². The standard InChI is InChI=1S/C18H33N3O3/c1-14(16(22)20-9-5-6-10-20)21-11-7-8-15(13-21)12-19-17(23)24-18(2,3)4/h14-15H,5-13H2,1-4H3,(H,19,23). The van der Waals surface area contributed by atoms with Gasteiger partial charge in [0.05, 0.1) is 6.04 Å². The average Bonchev–Trinajstić information content (AvgIpc) is 3.04. The van der Waals surface area contributed by atoms with Crippen molar-refractivity contribution in [2.24, 2.45) is 5.92 Å². The topological polar surface area (TPSA) is 61.9 Å². The van der Waals surface area contributed by atoms with E-state index in [0.717, 1.165) is 51.9 Å². The minimum atomic E-state index is -0.473. The fourth-order valence-corrected chi connectivity index (χ4v) is 3.52. The van der Waals surface area contributed by atoms with Crippen LogP contribution < -0.4 is 5.32 Å². The van der Waals surface area contributed by atoms with Gasteiger partial charge in [-0.1, -0.05) is 0 Å². The predicted molar refractivity (Wildman–Crippen MR) is 93.8 cm³/mol. The Hall–Kier alpha value is -1.30. The number of nitrogens with zero attached hydrogens (tertiary/aromatic N) is 2. The van der Waals surface area contributed by atoms with E-state index in [-0.39, 0.29) is 18.0 Å². The van der Waals surface area contributed by atoms with Crippen molar-refractivity contribution < 1.29 is 14.3 Å². The molecule has 0 aliphatic carbocycles. The number of likely N-dealkylation sites (tertiary alicyclic amines) is 2. The molecule has 2 rings (SSSR count). The lowest BCUT2D eigenvalue weighted by Gasteiger charge is -2.37. The number of alkyl carbamates (subject to hydrolysis) is 1. The molecule has 24 heavy (non-hydrogen) atoms. The van der Waals surface area contributed by atoms with Crippen molar-refractivity contribution in [3.8, 4) is 0 Å². The number of piperidine rings is 1. The molecule has 0 radical (unpaired) electrons. The zero-order chi connectivity index (χ0) is 17.7. The quantitative estimate of drug-likeness (QED) is 0.853. The molecule has 2 atom stereocenters. The Kier molecular flexibility index (Phi) is 6.49. The molecule has 0 spiro atoms. The van der Waals surface area contributed by atoms with Crippen molar-refractivity contribution in [1.29, 1.82) is 0 Å². The number of nitrogens with one attached hydrogen (secondary N) is 1. The van der Waals surface area contributed by atoms with E-state index in [2.05, 4.69) is 10.2 Å². The fraction of sp³-hybridized carbons (Fsp3) is 0.889. The summed E-state index contributed by atoms with van der Waals surface area (Å²) in [5, 5.41) is 2.87. The Bertz CT molecular complexity index is 441. The summed E-state index contributed by atoms with van der Waals surface area (Å²) in [6, 6.07) is -0.0626. The molecule has 0 bridgehead atoms. The van der Waals surface area contributed by atoms with Crippen LogP contribution in [0.15, 0.2) is 0 Å². The van der Waals surface area contributed by atoms with Gasteiger partial charge in [-0.25, -0.2) is 4.79 Å². The SMILES string of the molecule is CC(C(=O)N1CCCC1)N1CCCC(CNC(=O)OC(C)(C)C)C1. The summed E-state index contributed by atoms with van der Waals surface area (Å²) in [6.45, 7) is 11.8. The summed E-state index contributed by atoms with van der Waals surface area (Å²) in [7, 11) is 0. The third-order valence-electron chi connectivity index (χ3n) is 4.81. The van der Waals surface area contributed by atoms with Crippen LogP contribution in [-0.4, -0.2) is 66.2 Å². The summed E-state index contributed by atoms with van der Waals surface area (Å²) in [6.07, 6.45) is 4.04. The van der Waals surface area contributed by atoms with Crippen LogP contribution in [0.3, 0.4) is 0 Å². The highest BCUT2D eigenvalue weighted by Crippen LogP contribution is 2.20. The van der Waals surface area contributed by atoms with Crippen LogP contribution in [0, 0.1) is 5.92 Å². The highest BCUT2D eigenvalue weighted by molar-refractivity contribution is 5.81. The molecule has 0 saturated carbocycles. The number of hydrogen-bond acceptors (Lipinski definition) is 4. The number of ether oxygens (including phenoxy) is 1. The summed E-state index contributed by atoms with van der Waals surface area (Å²) < 4.78 is 5.28. The third kappa shape index (κ3) is 5.65. The summed E-state index contributed by atoms with van der Waals surface area (Å²) >= 11 is 0. The van der Waals surface area contributed by atoms with Gasteiger partial charge in [0, 0.05) is 26.2 Å². The van der Waals surface area contributed by atoms with Crippen LogP contribution in [0.5, 0.6) is 0 Å². The predicted octanol–water partition coefficient (Wildman–Crippen LogP) is 2.23. The second-order valence-corrected chi connectivity index (χ2v) is 8.09. The molecule has 2 amide bonds. The lowest BCUT2D eigenvalue weighted by atomic mass is 9.96. The number of hydrogen-bond donors (Lipinski definition) is 1. The van der Waals surface area contributed by atoms with Crippen LogP contribution in [0.4, 0.5) is 4.79 Å². The number of amides is 2. The summed E-state index contributed by atoms with van der Waals surface area (Å²) in [5.74, 6) is 0.633. The van der Waals surface area contributed by atoms with E-state index >= 15 is 0 Å². The molecule has 6 heteroatoms. The molecule has 6 nitrogen and oxygen atoms in total. The third-order valence-corrected chi connectivity index (χ3v) is 4.81. The highest BCUT2D eigenvalue weighted by Gasteiger charge is 2.31. The molecule has 2 unspecified atom stereocenters. The van der Waals surface area contributed by atoms with Gasteiger partial charge in [-0.2, -0.15) is 0 Å². The molecule has 0 aromatic rings. The van der Waals surface area contributed by atoms with Gasteiger partial charge >= 0.3 is 6.09 Å². The molecule has 0 aromatic heterocycles. The van der Waals surface area contributed by atoms with Gasteiger partial charge in [-0.05, 0) is 65.8 Å². The zero-order valence-electron chi connectivity index (χ0n) is 15.6. The minimum Gasteiger partial charge on any atom is -0.444 e. The Morgan fingerprint density at radius 2 is 1.83 bits per heavy atom. The van der Waals surface area contributed by atoms with Crippen LogP contribution >= 0.6 is 0 Å². The van der Waals surface area contributed by atoms with E-state index in [9.17, 15) is 9.59 Å².